The molecule has 0 unspecified atom stereocenters. The molecular weight excluding hydrogens is 372 g/mol. The first-order valence-electron chi connectivity index (χ1n) is 9.98. The number of rotatable bonds is 4. The lowest BCUT2D eigenvalue weighted by molar-refractivity contribution is -0.146. The first-order chi connectivity index (χ1) is 13.0. The third-order valence-corrected chi connectivity index (χ3v) is 10.7. The van der Waals surface area contributed by atoms with E-state index in [0.29, 0.717) is 17.0 Å². The number of nitrogen functional groups attached to an aromatic ring is 1. The maximum absolute atomic E-state index is 11.7. The molecule has 1 saturated carbocycles. The summed E-state index contributed by atoms with van der Waals surface area (Å²) in [4.78, 5) is 16.4. The smallest absolute Gasteiger partial charge is 0.308 e. The van der Waals surface area contributed by atoms with Crippen LogP contribution in [-0.2, 0) is 9.53 Å². The van der Waals surface area contributed by atoms with Gasteiger partial charge in [-0.15, -0.1) is 0 Å². The van der Waals surface area contributed by atoms with E-state index in [4.69, 9.17) is 24.3 Å². The number of hydrogen-bond acceptors (Lipinski definition) is 6. The minimum atomic E-state index is -1.99. The number of ether oxygens (including phenoxy) is 1. The largest absolute Gasteiger partial charge is 0.542 e. The fourth-order valence-corrected chi connectivity index (χ4v) is 4.45. The number of benzene rings is 1. The molecule has 1 aromatic heterocycles. The Bertz CT molecular complexity index is 861. The molecule has 1 heterocycles. The summed E-state index contributed by atoms with van der Waals surface area (Å²) in [6.07, 6.45) is 3.35. The van der Waals surface area contributed by atoms with Gasteiger partial charge < -0.3 is 19.3 Å². The Balaban J connectivity index is 1.80. The van der Waals surface area contributed by atoms with Crippen LogP contribution >= 0.6 is 0 Å². The SMILES string of the molecule is COC(=O)[C@H]1CC[C@H](c2nc3cc(O[Si](C)(C)C(C)(C)C)c(N)cc3o2)CC1. The van der Waals surface area contributed by atoms with Crippen LogP contribution in [0.4, 0.5) is 5.69 Å². The first kappa shape index (κ1) is 20.7. The number of anilines is 1. The van der Waals surface area contributed by atoms with E-state index in [0.717, 1.165) is 37.1 Å². The summed E-state index contributed by atoms with van der Waals surface area (Å²) in [5, 5.41) is 0.0850. The minimum Gasteiger partial charge on any atom is -0.542 e. The number of carbonyl (C=O) groups is 1. The topological polar surface area (TPSA) is 87.6 Å². The van der Waals surface area contributed by atoms with Crippen molar-refractivity contribution in [2.45, 2.75) is 70.5 Å². The Morgan fingerprint density at radius 1 is 1.21 bits per heavy atom. The van der Waals surface area contributed by atoms with Crippen molar-refractivity contribution in [3.8, 4) is 5.75 Å². The van der Waals surface area contributed by atoms with Gasteiger partial charge in [0.2, 0.25) is 0 Å². The fourth-order valence-electron chi connectivity index (χ4n) is 3.42. The van der Waals surface area contributed by atoms with Crippen molar-refractivity contribution in [2.24, 2.45) is 5.92 Å². The molecule has 0 atom stereocenters. The summed E-state index contributed by atoms with van der Waals surface area (Å²) in [7, 11) is -0.547. The molecule has 1 aliphatic carbocycles. The second-order valence-electron chi connectivity index (χ2n) is 9.34. The van der Waals surface area contributed by atoms with Crippen LogP contribution in [0.2, 0.25) is 18.1 Å². The van der Waals surface area contributed by atoms with E-state index in [9.17, 15) is 4.79 Å². The highest BCUT2D eigenvalue weighted by Crippen LogP contribution is 2.41. The van der Waals surface area contributed by atoms with Crippen molar-refractivity contribution in [3.63, 3.8) is 0 Å². The van der Waals surface area contributed by atoms with Gasteiger partial charge in [0.25, 0.3) is 8.32 Å². The van der Waals surface area contributed by atoms with Gasteiger partial charge in [-0.1, -0.05) is 20.8 Å². The second-order valence-corrected chi connectivity index (χ2v) is 14.1. The monoisotopic (exact) mass is 404 g/mol. The maximum atomic E-state index is 11.7. The summed E-state index contributed by atoms with van der Waals surface area (Å²) in [5.41, 5.74) is 8.28. The van der Waals surface area contributed by atoms with Crippen molar-refractivity contribution in [1.29, 1.82) is 0 Å². The molecule has 0 saturated heterocycles. The quantitative estimate of drug-likeness (QED) is 0.426. The van der Waals surface area contributed by atoms with E-state index in [1.54, 1.807) is 0 Å². The van der Waals surface area contributed by atoms with Gasteiger partial charge in [0.05, 0.1) is 18.7 Å². The van der Waals surface area contributed by atoms with Gasteiger partial charge in [0, 0.05) is 18.1 Å². The standard InChI is InChI=1S/C21H32N2O4Si/c1-21(2,3)28(5,6)27-17-12-16-18(11-15(17)22)26-19(23-16)13-7-9-14(10-8-13)20(24)25-4/h11-14H,7-10,22H2,1-6H3/t13-,14-. The molecule has 7 heteroatoms. The average molecular weight is 405 g/mol. The third-order valence-electron chi connectivity index (χ3n) is 6.32. The molecule has 3 rings (SSSR count). The summed E-state index contributed by atoms with van der Waals surface area (Å²) < 4.78 is 17.3. The highest BCUT2D eigenvalue weighted by Gasteiger charge is 2.39. The molecule has 6 nitrogen and oxygen atoms in total. The number of nitrogens with two attached hydrogens (primary N) is 1. The zero-order valence-electron chi connectivity index (χ0n) is 17.8. The van der Waals surface area contributed by atoms with Crippen LogP contribution < -0.4 is 10.2 Å². The van der Waals surface area contributed by atoms with Crippen LogP contribution in [0.15, 0.2) is 16.5 Å². The zero-order valence-corrected chi connectivity index (χ0v) is 18.8. The molecule has 0 aliphatic heterocycles. The second kappa shape index (κ2) is 7.42. The Morgan fingerprint density at radius 2 is 1.86 bits per heavy atom. The lowest BCUT2D eigenvalue weighted by Crippen LogP contribution is -2.44. The number of carbonyl (C=O) groups excluding carboxylic acids is 1. The van der Waals surface area contributed by atoms with E-state index in [2.05, 4.69) is 33.9 Å². The summed E-state index contributed by atoms with van der Waals surface area (Å²) >= 11 is 0. The zero-order chi connectivity index (χ0) is 20.7. The van der Waals surface area contributed by atoms with Crippen LogP contribution in [0.3, 0.4) is 0 Å². The minimum absolute atomic E-state index is 0.00846. The van der Waals surface area contributed by atoms with Crippen molar-refractivity contribution in [3.05, 3.63) is 18.0 Å². The summed E-state index contributed by atoms with van der Waals surface area (Å²) in [6, 6.07) is 3.71. The van der Waals surface area contributed by atoms with Gasteiger partial charge in [-0.05, 0) is 43.8 Å². The van der Waals surface area contributed by atoms with E-state index >= 15 is 0 Å². The lowest BCUT2D eigenvalue weighted by atomic mass is 9.82. The molecule has 28 heavy (non-hydrogen) atoms. The van der Waals surface area contributed by atoms with Gasteiger partial charge in [-0.3, -0.25) is 4.79 Å². The third kappa shape index (κ3) is 4.04. The number of oxazole rings is 1. The molecule has 154 valence electrons. The van der Waals surface area contributed by atoms with Gasteiger partial charge in [0.1, 0.15) is 11.3 Å². The van der Waals surface area contributed by atoms with Gasteiger partial charge in [-0.2, -0.15) is 0 Å². The number of aromatic nitrogens is 1. The Hall–Kier alpha value is -2.02. The van der Waals surface area contributed by atoms with Crippen LogP contribution in [0.5, 0.6) is 5.75 Å². The van der Waals surface area contributed by atoms with Gasteiger partial charge in [-0.25, -0.2) is 4.98 Å². The lowest BCUT2D eigenvalue weighted by Gasteiger charge is -2.36. The Morgan fingerprint density at radius 3 is 2.43 bits per heavy atom. The summed E-state index contributed by atoms with van der Waals surface area (Å²) in [5.74, 6) is 1.51. The molecule has 1 aliphatic rings. The predicted molar refractivity (Wildman–Crippen MR) is 113 cm³/mol. The molecule has 1 aromatic carbocycles. The van der Waals surface area contributed by atoms with Crippen molar-refractivity contribution in [2.75, 3.05) is 12.8 Å². The van der Waals surface area contributed by atoms with Crippen molar-refractivity contribution >= 4 is 31.1 Å². The normalized spacial score (nSPS) is 20.9. The van der Waals surface area contributed by atoms with E-state index < -0.39 is 8.32 Å². The van der Waals surface area contributed by atoms with E-state index in [1.165, 1.54) is 7.11 Å². The predicted octanol–water partition coefficient (Wildman–Crippen LogP) is 5.24. The molecule has 2 N–H and O–H groups in total. The maximum Gasteiger partial charge on any atom is 0.308 e. The molecule has 0 spiro atoms. The van der Waals surface area contributed by atoms with Gasteiger partial charge in [0.15, 0.2) is 11.5 Å². The van der Waals surface area contributed by atoms with Gasteiger partial charge >= 0.3 is 5.97 Å². The molecule has 0 radical (unpaired) electrons. The number of fused-ring (bicyclic) bond motifs is 1. The fraction of sp³-hybridized carbons (Fsp3) is 0.619. The summed E-state index contributed by atoms with van der Waals surface area (Å²) in [6.45, 7) is 11.0. The number of methoxy groups -OCH3 is 1. The Kier molecular flexibility index (Phi) is 5.49. The first-order valence-corrected chi connectivity index (χ1v) is 12.9. The molecule has 2 aromatic rings. The van der Waals surface area contributed by atoms with Crippen molar-refractivity contribution in [1.82, 2.24) is 4.98 Å². The molecule has 0 bridgehead atoms. The Labute approximate surface area is 167 Å². The van der Waals surface area contributed by atoms with Crippen LogP contribution in [0.1, 0.15) is 58.3 Å². The highest BCUT2D eigenvalue weighted by atomic mass is 28.4. The van der Waals surface area contributed by atoms with Crippen molar-refractivity contribution < 1.29 is 18.4 Å². The number of nitrogens with zero attached hydrogens (tertiary/aromatic N) is 1. The number of hydrogen-bond donors (Lipinski definition) is 1. The number of esters is 1. The van der Waals surface area contributed by atoms with Crippen LogP contribution in [0.25, 0.3) is 11.1 Å². The van der Waals surface area contributed by atoms with Crippen LogP contribution in [0, 0.1) is 5.92 Å². The van der Waals surface area contributed by atoms with Crippen LogP contribution in [-0.4, -0.2) is 26.4 Å². The molecule has 1 fully saturated rings. The van der Waals surface area contributed by atoms with E-state index in [-0.39, 0.29) is 22.8 Å². The van der Waals surface area contributed by atoms with E-state index in [1.807, 2.05) is 12.1 Å². The molecular formula is C21H32N2O4Si. The highest BCUT2D eigenvalue weighted by molar-refractivity contribution is 6.74. The average Bonchev–Trinajstić information content (AvgIpc) is 3.03. The molecule has 0 amide bonds.